The lowest BCUT2D eigenvalue weighted by molar-refractivity contribution is 0.0197. The molecule has 0 amide bonds. The van der Waals surface area contributed by atoms with Gasteiger partial charge >= 0.3 is 0 Å². The molecular weight excluding hydrogens is 250 g/mol. The zero-order chi connectivity index (χ0) is 14.6. The Kier molecular flexibility index (Phi) is 5.19. The molecule has 3 nitrogen and oxygen atoms in total. The topological polar surface area (TPSA) is 41.5 Å². The molecule has 1 aromatic carbocycles. The van der Waals surface area contributed by atoms with Crippen LogP contribution in [0.2, 0.25) is 0 Å². The van der Waals surface area contributed by atoms with Crippen molar-refractivity contribution < 1.29 is 9.84 Å². The lowest BCUT2D eigenvalue weighted by Gasteiger charge is -2.38. The van der Waals surface area contributed by atoms with Gasteiger partial charge in [-0.15, -0.1) is 0 Å². The van der Waals surface area contributed by atoms with Crippen molar-refractivity contribution in [3.05, 3.63) is 35.4 Å². The Morgan fingerprint density at radius 2 is 2.15 bits per heavy atom. The van der Waals surface area contributed by atoms with Gasteiger partial charge in [-0.3, -0.25) is 0 Å². The predicted octanol–water partition coefficient (Wildman–Crippen LogP) is 2.62. The second-order valence-electron chi connectivity index (χ2n) is 6.40. The number of rotatable bonds is 7. The Morgan fingerprint density at radius 1 is 1.40 bits per heavy atom. The molecule has 3 heteroatoms. The molecule has 1 unspecified atom stereocenters. The summed E-state index contributed by atoms with van der Waals surface area (Å²) in [6, 6.07) is 9.33. The first kappa shape index (κ1) is 15.5. The number of aryl methyl sites for hydroxylation is 1. The van der Waals surface area contributed by atoms with Crippen LogP contribution in [0.1, 0.15) is 43.2 Å². The van der Waals surface area contributed by atoms with E-state index in [9.17, 15) is 5.11 Å². The van der Waals surface area contributed by atoms with E-state index in [1.54, 1.807) is 7.11 Å². The number of hydrogen-bond donors (Lipinski definition) is 2. The summed E-state index contributed by atoms with van der Waals surface area (Å²) >= 11 is 0. The Hall–Kier alpha value is -0.900. The molecule has 2 rings (SSSR count). The van der Waals surface area contributed by atoms with Gasteiger partial charge in [0.15, 0.2) is 0 Å². The average Bonchev–Trinajstić information content (AvgIpc) is 2.34. The van der Waals surface area contributed by atoms with Crippen molar-refractivity contribution in [2.45, 2.75) is 50.7 Å². The second kappa shape index (κ2) is 6.70. The van der Waals surface area contributed by atoms with Crippen molar-refractivity contribution in [1.82, 2.24) is 5.32 Å². The molecule has 1 aliphatic carbocycles. The van der Waals surface area contributed by atoms with E-state index in [2.05, 4.69) is 36.5 Å². The van der Waals surface area contributed by atoms with Gasteiger partial charge in [-0.1, -0.05) is 29.8 Å². The molecule has 20 heavy (non-hydrogen) atoms. The van der Waals surface area contributed by atoms with Crippen LogP contribution in [0.3, 0.4) is 0 Å². The third-order valence-corrected chi connectivity index (χ3v) is 4.27. The molecule has 1 aliphatic rings. The van der Waals surface area contributed by atoms with Gasteiger partial charge < -0.3 is 15.2 Å². The third kappa shape index (κ3) is 4.30. The maximum atomic E-state index is 10.2. The van der Waals surface area contributed by atoms with Crippen LogP contribution in [0.25, 0.3) is 0 Å². The molecule has 1 saturated carbocycles. The van der Waals surface area contributed by atoms with E-state index in [0.29, 0.717) is 31.5 Å². The summed E-state index contributed by atoms with van der Waals surface area (Å²) in [7, 11) is 1.67. The number of nitrogens with one attached hydrogen (secondary N) is 1. The Balaban J connectivity index is 1.72. The standard InChI is InChI=1S/C17H27NO2/c1-13-5-4-6-14(9-13)15-10-16(11-15)18-12-17(2,19)7-8-20-3/h4-6,9,15-16,18-19H,7-8,10-12H2,1-3H3. The van der Waals surface area contributed by atoms with E-state index in [-0.39, 0.29) is 0 Å². The fourth-order valence-electron chi connectivity index (χ4n) is 2.76. The molecule has 0 aliphatic heterocycles. The molecule has 1 atom stereocenters. The van der Waals surface area contributed by atoms with Crippen molar-refractivity contribution >= 4 is 0 Å². The monoisotopic (exact) mass is 277 g/mol. The number of hydrogen-bond acceptors (Lipinski definition) is 3. The van der Waals surface area contributed by atoms with E-state index >= 15 is 0 Å². The van der Waals surface area contributed by atoms with Crippen LogP contribution in [-0.4, -0.2) is 37.0 Å². The first-order valence-electron chi connectivity index (χ1n) is 7.51. The predicted molar refractivity (Wildman–Crippen MR) is 82.1 cm³/mol. The fraction of sp³-hybridized carbons (Fsp3) is 0.647. The smallest absolute Gasteiger partial charge is 0.0765 e. The minimum Gasteiger partial charge on any atom is -0.389 e. The largest absolute Gasteiger partial charge is 0.389 e. The van der Waals surface area contributed by atoms with Gasteiger partial charge in [-0.2, -0.15) is 0 Å². The lowest BCUT2D eigenvalue weighted by atomic mass is 9.75. The average molecular weight is 277 g/mol. The van der Waals surface area contributed by atoms with E-state index in [1.165, 1.54) is 24.0 Å². The van der Waals surface area contributed by atoms with Crippen LogP contribution in [0.15, 0.2) is 24.3 Å². The number of ether oxygens (including phenoxy) is 1. The molecule has 112 valence electrons. The van der Waals surface area contributed by atoms with E-state index in [1.807, 2.05) is 6.92 Å². The lowest BCUT2D eigenvalue weighted by Crippen LogP contribution is -2.47. The van der Waals surface area contributed by atoms with Gasteiger partial charge in [0, 0.05) is 32.7 Å². The highest BCUT2D eigenvalue weighted by atomic mass is 16.5. The van der Waals surface area contributed by atoms with Gasteiger partial charge in [0.2, 0.25) is 0 Å². The zero-order valence-electron chi connectivity index (χ0n) is 12.9. The zero-order valence-corrected chi connectivity index (χ0v) is 12.9. The molecule has 1 fully saturated rings. The van der Waals surface area contributed by atoms with Crippen LogP contribution in [0.5, 0.6) is 0 Å². The maximum Gasteiger partial charge on any atom is 0.0765 e. The summed E-state index contributed by atoms with van der Waals surface area (Å²) in [6.45, 7) is 5.26. The SMILES string of the molecule is COCCC(C)(O)CNC1CC(c2cccc(C)c2)C1. The number of methoxy groups -OCH3 is 1. The third-order valence-electron chi connectivity index (χ3n) is 4.27. The summed E-state index contributed by atoms with van der Waals surface area (Å²) < 4.78 is 5.02. The van der Waals surface area contributed by atoms with Crippen molar-refractivity contribution in [3.8, 4) is 0 Å². The normalized spacial score (nSPS) is 25.0. The van der Waals surface area contributed by atoms with Crippen molar-refractivity contribution in [1.29, 1.82) is 0 Å². The summed E-state index contributed by atoms with van der Waals surface area (Å²) in [4.78, 5) is 0. The number of benzene rings is 1. The molecule has 0 aromatic heterocycles. The summed E-state index contributed by atoms with van der Waals surface area (Å²) in [5.74, 6) is 0.677. The Bertz CT molecular complexity index is 425. The van der Waals surface area contributed by atoms with Crippen LogP contribution in [0.4, 0.5) is 0 Å². The quantitative estimate of drug-likeness (QED) is 0.805. The number of aliphatic hydroxyl groups is 1. The first-order chi connectivity index (χ1) is 9.50. The van der Waals surface area contributed by atoms with E-state index in [4.69, 9.17) is 4.74 Å². The second-order valence-corrected chi connectivity index (χ2v) is 6.40. The molecule has 2 N–H and O–H groups in total. The highest BCUT2D eigenvalue weighted by Gasteiger charge is 2.31. The van der Waals surface area contributed by atoms with Gasteiger partial charge in [0.1, 0.15) is 0 Å². The summed E-state index contributed by atoms with van der Waals surface area (Å²) in [5.41, 5.74) is 2.11. The molecule has 0 spiro atoms. The van der Waals surface area contributed by atoms with Crippen molar-refractivity contribution in [2.24, 2.45) is 0 Å². The Morgan fingerprint density at radius 3 is 2.80 bits per heavy atom. The van der Waals surface area contributed by atoms with Crippen LogP contribution in [0, 0.1) is 6.92 Å². The Labute approximate surface area is 122 Å². The van der Waals surface area contributed by atoms with Gasteiger partial charge in [0.25, 0.3) is 0 Å². The van der Waals surface area contributed by atoms with Crippen molar-refractivity contribution in [3.63, 3.8) is 0 Å². The fourth-order valence-corrected chi connectivity index (χ4v) is 2.76. The van der Waals surface area contributed by atoms with Gasteiger partial charge in [-0.05, 0) is 38.2 Å². The van der Waals surface area contributed by atoms with Crippen molar-refractivity contribution in [2.75, 3.05) is 20.3 Å². The maximum absolute atomic E-state index is 10.2. The summed E-state index contributed by atoms with van der Waals surface area (Å²) in [6.07, 6.45) is 3.01. The highest BCUT2D eigenvalue weighted by Crippen LogP contribution is 2.37. The first-order valence-corrected chi connectivity index (χ1v) is 7.51. The molecule has 0 radical (unpaired) electrons. The van der Waals surface area contributed by atoms with Gasteiger partial charge in [0.05, 0.1) is 5.60 Å². The minimum atomic E-state index is -0.676. The van der Waals surface area contributed by atoms with Crippen LogP contribution < -0.4 is 5.32 Å². The highest BCUT2D eigenvalue weighted by molar-refractivity contribution is 5.27. The minimum absolute atomic E-state index is 0.537. The van der Waals surface area contributed by atoms with Crippen LogP contribution in [-0.2, 0) is 4.74 Å². The van der Waals surface area contributed by atoms with Crippen LogP contribution >= 0.6 is 0 Å². The molecule has 0 bridgehead atoms. The van der Waals surface area contributed by atoms with E-state index < -0.39 is 5.60 Å². The molecule has 0 heterocycles. The van der Waals surface area contributed by atoms with Gasteiger partial charge in [-0.25, -0.2) is 0 Å². The van der Waals surface area contributed by atoms with E-state index in [0.717, 1.165) is 0 Å². The molecular formula is C17H27NO2. The molecule has 1 aromatic rings. The summed E-state index contributed by atoms with van der Waals surface area (Å²) in [5, 5.41) is 13.7. The molecule has 0 saturated heterocycles.